The molecule has 4 bridgehead atoms. The maximum absolute atomic E-state index is 5.85. The molecule has 136 valence electrons. The molecule has 0 saturated heterocycles. The largest absolute Gasteiger partial charge is 0.312 e. The fourth-order valence-corrected chi connectivity index (χ4v) is 5.64. The highest BCUT2D eigenvalue weighted by Gasteiger charge is 2.47. The van der Waals surface area contributed by atoms with Crippen molar-refractivity contribution in [3.63, 3.8) is 0 Å². The van der Waals surface area contributed by atoms with E-state index in [-0.39, 0.29) is 0 Å². The van der Waals surface area contributed by atoms with E-state index in [0.717, 1.165) is 67.2 Å². The zero-order chi connectivity index (χ0) is 16.9. The highest BCUT2D eigenvalue weighted by Crippen LogP contribution is 2.53. The van der Waals surface area contributed by atoms with Gasteiger partial charge in [-0.25, -0.2) is 0 Å². The molecule has 0 aromatic carbocycles. The lowest BCUT2D eigenvalue weighted by molar-refractivity contribution is -0.0133. The molecule has 0 radical (unpaired) electrons. The van der Waals surface area contributed by atoms with Gasteiger partial charge in [-0.05, 0) is 82.5 Å². The van der Waals surface area contributed by atoms with Crippen LogP contribution in [-0.2, 0) is 0 Å². The summed E-state index contributed by atoms with van der Waals surface area (Å²) in [7, 11) is 0. The van der Waals surface area contributed by atoms with Gasteiger partial charge in [-0.1, -0.05) is 29.3 Å². The van der Waals surface area contributed by atoms with Crippen molar-refractivity contribution in [3.05, 3.63) is 22.8 Å². The van der Waals surface area contributed by atoms with Gasteiger partial charge in [0.2, 0.25) is 0 Å². The van der Waals surface area contributed by atoms with E-state index in [1.54, 1.807) is 6.42 Å². The van der Waals surface area contributed by atoms with E-state index in [1.807, 2.05) is 6.92 Å². The van der Waals surface area contributed by atoms with Crippen molar-refractivity contribution < 1.29 is 0 Å². The zero-order valence-electron chi connectivity index (χ0n) is 15.5. The predicted octanol–water partition coefficient (Wildman–Crippen LogP) is 4.86. The molecule has 0 aromatic heterocycles. The van der Waals surface area contributed by atoms with Crippen molar-refractivity contribution in [3.8, 4) is 0 Å². The normalized spacial score (nSPS) is 35.7. The number of hydrogen-bond acceptors (Lipinski definition) is 2. The molecule has 0 atom stereocenters. The van der Waals surface area contributed by atoms with Gasteiger partial charge in [0.25, 0.3) is 0 Å². The summed E-state index contributed by atoms with van der Waals surface area (Å²) in [6.45, 7) is 7.34. The van der Waals surface area contributed by atoms with Crippen LogP contribution in [0.3, 0.4) is 0 Å². The van der Waals surface area contributed by atoms with Crippen molar-refractivity contribution in [1.82, 2.24) is 10.6 Å². The maximum Gasteiger partial charge on any atom is 0.0137 e. The summed E-state index contributed by atoms with van der Waals surface area (Å²) in [5.74, 6) is 4.13. The first-order valence-electron chi connectivity index (χ1n) is 10.0. The summed E-state index contributed by atoms with van der Waals surface area (Å²) in [5.41, 5.74) is 1.45. The second kappa shape index (κ2) is 8.87. The van der Waals surface area contributed by atoms with Gasteiger partial charge in [-0.2, -0.15) is 0 Å². The monoisotopic (exact) mass is 350 g/mol. The molecule has 0 unspecified atom stereocenters. The molecule has 0 aliphatic heterocycles. The van der Waals surface area contributed by atoms with E-state index < -0.39 is 0 Å². The number of hydrogen-bond donors (Lipinski definition) is 2. The summed E-state index contributed by atoms with van der Waals surface area (Å²) in [6, 6.07) is 0.822. The fraction of sp³-hybridized carbons (Fsp3) is 0.810. The fourth-order valence-electron chi connectivity index (χ4n) is 5.53. The molecule has 2 N–H and O–H groups in total. The quantitative estimate of drug-likeness (QED) is 0.458. The van der Waals surface area contributed by atoms with E-state index >= 15 is 0 Å². The van der Waals surface area contributed by atoms with Gasteiger partial charge in [0.05, 0.1) is 0 Å². The number of nitrogens with one attached hydrogen (secondary N) is 2. The van der Waals surface area contributed by atoms with Crippen molar-refractivity contribution in [2.45, 2.75) is 64.8 Å². The lowest BCUT2D eigenvalue weighted by Gasteiger charge is -2.54. The number of rotatable bonds is 9. The van der Waals surface area contributed by atoms with Crippen molar-refractivity contribution in [2.24, 2.45) is 23.7 Å². The standard InChI is InChI=1S/C21H35ClN2/c1-15(4-3-5-16(2)22)6-7-23-8-9-24-21-19-11-17-10-18(13-19)14-20(21)12-17/h5-6,17-21,23-24H,3-4,7-14H2,1-2H3/b15-6+,16-5+. The first-order valence-corrected chi connectivity index (χ1v) is 10.4. The highest BCUT2D eigenvalue weighted by atomic mass is 35.5. The van der Waals surface area contributed by atoms with Crippen LogP contribution >= 0.6 is 11.6 Å². The van der Waals surface area contributed by atoms with E-state index in [1.165, 1.54) is 31.3 Å². The molecule has 24 heavy (non-hydrogen) atoms. The van der Waals surface area contributed by atoms with Crippen molar-refractivity contribution in [1.29, 1.82) is 0 Å². The van der Waals surface area contributed by atoms with Crippen LogP contribution < -0.4 is 10.6 Å². The molecule has 2 nitrogen and oxygen atoms in total. The SMILES string of the molecule is C/C(Cl)=C\CC/C(C)=C/CNCCNC1C2CC3CC(C2)CC1C3. The van der Waals surface area contributed by atoms with Crippen molar-refractivity contribution >= 4 is 11.6 Å². The molecule has 0 spiro atoms. The molecule has 4 aliphatic carbocycles. The molecule has 4 fully saturated rings. The third kappa shape index (κ3) is 5.09. The molecule has 4 saturated carbocycles. The highest BCUT2D eigenvalue weighted by molar-refractivity contribution is 6.29. The Labute approximate surface area is 153 Å². The van der Waals surface area contributed by atoms with Gasteiger partial charge in [0.15, 0.2) is 0 Å². The molecular formula is C21H35ClN2. The smallest absolute Gasteiger partial charge is 0.0137 e. The Balaban J connectivity index is 1.27. The van der Waals surface area contributed by atoms with Crippen LogP contribution in [0.2, 0.25) is 0 Å². The Hall–Kier alpha value is -0.310. The van der Waals surface area contributed by atoms with E-state index in [2.05, 4.69) is 29.7 Å². The zero-order valence-corrected chi connectivity index (χ0v) is 16.2. The third-order valence-electron chi connectivity index (χ3n) is 6.47. The summed E-state index contributed by atoms with van der Waals surface area (Å²) in [5, 5.41) is 8.35. The number of allylic oxidation sites excluding steroid dienone is 3. The first kappa shape index (κ1) is 18.5. The second-order valence-electron chi connectivity index (χ2n) is 8.49. The lowest BCUT2D eigenvalue weighted by Crippen LogP contribution is -2.55. The average Bonchev–Trinajstić information content (AvgIpc) is 2.51. The van der Waals surface area contributed by atoms with E-state index in [4.69, 9.17) is 11.6 Å². The number of halogens is 1. The van der Waals surface area contributed by atoms with Crippen LogP contribution in [0.5, 0.6) is 0 Å². The third-order valence-corrected chi connectivity index (χ3v) is 6.62. The minimum atomic E-state index is 0.822. The summed E-state index contributed by atoms with van der Waals surface area (Å²) in [6.07, 6.45) is 14.2. The van der Waals surface area contributed by atoms with Crippen LogP contribution in [0.4, 0.5) is 0 Å². The topological polar surface area (TPSA) is 24.1 Å². The molecule has 4 aliphatic rings. The van der Waals surface area contributed by atoms with Crippen LogP contribution in [0.15, 0.2) is 22.8 Å². The lowest BCUT2D eigenvalue weighted by atomic mass is 9.54. The van der Waals surface area contributed by atoms with Crippen LogP contribution in [-0.4, -0.2) is 25.7 Å². The maximum atomic E-state index is 5.85. The summed E-state index contributed by atoms with van der Waals surface area (Å²) < 4.78 is 0. The second-order valence-corrected chi connectivity index (χ2v) is 9.09. The van der Waals surface area contributed by atoms with Crippen LogP contribution in [0, 0.1) is 23.7 Å². The average molecular weight is 351 g/mol. The minimum absolute atomic E-state index is 0.822. The van der Waals surface area contributed by atoms with Crippen LogP contribution in [0.1, 0.15) is 58.8 Å². The van der Waals surface area contributed by atoms with Gasteiger partial charge in [0.1, 0.15) is 0 Å². The molecule has 3 heteroatoms. The minimum Gasteiger partial charge on any atom is -0.312 e. The summed E-state index contributed by atoms with van der Waals surface area (Å²) >= 11 is 5.85. The Morgan fingerprint density at radius 3 is 2.25 bits per heavy atom. The van der Waals surface area contributed by atoms with Crippen LogP contribution in [0.25, 0.3) is 0 Å². The molecule has 0 aromatic rings. The Morgan fingerprint density at radius 1 is 0.958 bits per heavy atom. The van der Waals surface area contributed by atoms with Gasteiger partial charge in [0, 0.05) is 30.7 Å². The molecule has 0 heterocycles. The van der Waals surface area contributed by atoms with Gasteiger partial charge < -0.3 is 10.6 Å². The Kier molecular flexibility index (Phi) is 6.83. The molecular weight excluding hydrogens is 316 g/mol. The van der Waals surface area contributed by atoms with Gasteiger partial charge in [-0.3, -0.25) is 0 Å². The predicted molar refractivity (Wildman–Crippen MR) is 104 cm³/mol. The Bertz CT molecular complexity index is 436. The summed E-state index contributed by atoms with van der Waals surface area (Å²) in [4.78, 5) is 0. The van der Waals surface area contributed by atoms with Gasteiger partial charge in [-0.15, -0.1) is 0 Å². The molecule has 0 amide bonds. The van der Waals surface area contributed by atoms with E-state index in [9.17, 15) is 0 Å². The van der Waals surface area contributed by atoms with E-state index in [0.29, 0.717) is 0 Å². The van der Waals surface area contributed by atoms with Gasteiger partial charge >= 0.3 is 0 Å². The van der Waals surface area contributed by atoms with Crippen molar-refractivity contribution in [2.75, 3.05) is 19.6 Å². The molecule has 4 rings (SSSR count). The Morgan fingerprint density at radius 2 is 1.62 bits per heavy atom. The first-order chi connectivity index (χ1) is 11.6.